The van der Waals surface area contributed by atoms with E-state index in [2.05, 4.69) is 10.2 Å². The first-order valence-electron chi connectivity index (χ1n) is 7.51. The Kier molecular flexibility index (Phi) is 5.94. The fourth-order valence-electron chi connectivity index (χ4n) is 3.03. The van der Waals surface area contributed by atoms with Crippen molar-refractivity contribution in [3.8, 4) is 0 Å². The monoisotopic (exact) mass is 253 g/mol. The van der Waals surface area contributed by atoms with Crippen LogP contribution in [-0.2, 0) is 4.79 Å². The van der Waals surface area contributed by atoms with Crippen LogP contribution in [0.3, 0.4) is 0 Å². The molecule has 2 fully saturated rings. The molecule has 0 atom stereocenters. The third kappa shape index (κ3) is 4.58. The fourth-order valence-corrected chi connectivity index (χ4v) is 3.03. The van der Waals surface area contributed by atoms with E-state index in [1.807, 2.05) is 4.90 Å². The van der Waals surface area contributed by atoms with Crippen molar-refractivity contribution >= 4 is 6.41 Å². The summed E-state index contributed by atoms with van der Waals surface area (Å²) >= 11 is 0. The number of unbranched alkanes of at least 4 members (excludes halogenated alkanes) is 1. The third-order valence-electron chi connectivity index (χ3n) is 4.35. The van der Waals surface area contributed by atoms with Gasteiger partial charge >= 0.3 is 0 Å². The molecule has 4 nitrogen and oxygen atoms in total. The molecule has 0 aromatic heterocycles. The molecule has 0 radical (unpaired) electrons. The molecule has 1 N–H and O–H groups in total. The van der Waals surface area contributed by atoms with Gasteiger partial charge in [-0.25, -0.2) is 0 Å². The maximum Gasteiger partial charge on any atom is 0.209 e. The lowest BCUT2D eigenvalue weighted by Gasteiger charge is -2.32. The van der Waals surface area contributed by atoms with Crippen molar-refractivity contribution in [1.29, 1.82) is 0 Å². The van der Waals surface area contributed by atoms with Gasteiger partial charge in [-0.05, 0) is 44.8 Å². The van der Waals surface area contributed by atoms with Crippen LogP contribution in [0.15, 0.2) is 0 Å². The highest BCUT2D eigenvalue weighted by molar-refractivity contribution is 5.47. The SMILES string of the molecule is O=CN1CCN(CCCCC2CCNCC2)CC1. The van der Waals surface area contributed by atoms with E-state index >= 15 is 0 Å². The summed E-state index contributed by atoms with van der Waals surface area (Å²) in [5.41, 5.74) is 0. The first-order valence-corrected chi connectivity index (χ1v) is 7.51. The molecule has 2 heterocycles. The normalized spacial score (nSPS) is 23.2. The predicted molar refractivity (Wildman–Crippen MR) is 73.5 cm³/mol. The van der Waals surface area contributed by atoms with Crippen LogP contribution >= 0.6 is 0 Å². The van der Waals surface area contributed by atoms with E-state index in [0.717, 1.165) is 38.5 Å². The lowest BCUT2D eigenvalue weighted by Crippen LogP contribution is -2.45. The minimum atomic E-state index is 0.914. The van der Waals surface area contributed by atoms with E-state index in [-0.39, 0.29) is 0 Å². The zero-order valence-electron chi connectivity index (χ0n) is 11.4. The Morgan fingerprint density at radius 2 is 1.78 bits per heavy atom. The van der Waals surface area contributed by atoms with E-state index in [4.69, 9.17) is 0 Å². The number of hydrogen-bond donors (Lipinski definition) is 1. The summed E-state index contributed by atoms with van der Waals surface area (Å²) in [6.45, 7) is 7.61. The lowest BCUT2D eigenvalue weighted by atomic mass is 9.92. The second kappa shape index (κ2) is 7.74. The Morgan fingerprint density at radius 3 is 2.44 bits per heavy atom. The summed E-state index contributed by atoms with van der Waals surface area (Å²) in [6, 6.07) is 0. The van der Waals surface area contributed by atoms with Gasteiger partial charge in [-0.15, -0.1) is 0 Å². The minimum absolute atomic E-state index is 0.914. The predicted octanol–water partition coefficient (Wildman–Crippen LogP) is 0.930. The smallest absolute Gasteiger partial charge is 0.209 e. The fraction of sp³-hybridized carbons (Fsp3) is 0.929. The van der Waals surface area contributed by atoms with Crippen molar-refractivity contribution in [2.75, 3.05) is 45.8 Å². The Morgan fingerprint density at radius 1 is 1.06 bits per heavy atom. The van der Waals surface area contributed by atoms with Gasteiger partial charge in [0.2, 0.25) is 6.41 Å². The molecule has 0 spiro atoms. The summed E-state index contributed by atoms with van der Waals surface area (Å²) in [7, 11) is 0. The first kappa shape index (κ1) is 13.8. The van der Waals surface area contributed by atoms with Crippen molar-refractivity contribution in [3.63, 3.8) is 0 Å². The Balaban J connectivity index is 1.49. The number of piperidine rings is 1. The maximum atomic E-state index is 10.6. The molecule has 2 aliphatic rings. The van der Waals surface area contributed by atoms with Gasteiger partial charge in [-0.3, -0.25) is 9.69 Å². The Bertz CT molecular complexity index is 233. The van der Waals surface area contributed by atoms with Crippen LogP contribution in [-0.4, -0.2) is 62.0 Å². The molecular formula is C14H27N3O. The van der Waals surface area contributed by atoms with E-state index in [1.54, 1.807) is 0 Å². The van der Waals surface area contributed by atoms with Crippen LogP contribution in [0.1, 0.15) is 32.1 Å². The van der Waals surface area contributed by atoms with Crippen LogP contribution in [0.5, 0.6) is 0 Å². The summed E-state index contributed by atoms with van der Waals surface area (Å²) < 4.78 is 0. The van der Waals surface area contributed by atoms with Crippen LogP contribution in [0, 0.1) is 5.92 Å². The summed E-state index contributed by atoms with van der Waals surface area (Å²) in [5.74, 6) is 0.971. The maximum absolute atomic E-state index is 10.6. The van der Waals surface area contributed by atoms with E-state index < -0.39 is 0 Å². The average molecular weight is 253 g/mol. The van der Waals surface area contributed by atoms with Crippen molar-refractivity contribution in [2.45, 2.75) is 32.1 Å². The number of nitrogens with zero attached hydrogens (tertiary/aromatic N) is 2. The van der Waals surface area contributed by atoms with Crippen molar-refractivity contribution in [1.82, 2.24) is 15.1 Å². The van der Waals surface area contributed by atoms with Gasteiger partial charge in [0.05, 0.1) is 0 Å². The topological polar surface area (TPSA) is 35.6 Å². The average Bonchev–Trinajstić information content (AvgIpc) is 2.45. The lowest BCUT2D eigenvalue weighted by molar-refractivity contribution is -0.119. The highest BCUT2D eigenvalue weighted by atomic mass is 16.1. The molecule has 0 saturated carbocycles. The molecule has 2 rings (SSSR count). The molecule has 0 aliphatic carbocycles. The molecule has 2 aliphatic heterocycles. The van der Waals surface area contributed by atoms with Crippen molar-refractivity contribution < 1.29 is 4.79 Å². The first-order chi connectivity index (χ1) is 8.88. The van der Waals surface area contributed by atoms with Gasteiger partial charge in [0, 0.05) is 26.2 Å². The Hall–Kier alpha value is -0.610. The number of carbonyl (C=O) groups is 1. The molecule has 4 heteroatoms. The molecule has 0 unspecified atom stereocenters. The van der Waals surface area contributed by atoms with Gasteiger partial charge < -0.3 is 10.2 Å². The Labute approximate surface area is 111 Å². The van der Waals surface area contributed by atoms with E-state index in [0.29, 0.717) is 0 Å². The van der Waals surface area contributed by atoms with E-state index in [9.17, 15) is 4.79 Å². The molecular weight excluding hydrogens is 226 g/mol. The van der Waals surface area contributed by atoms with Crippen molar-refractivity contribution in [2.24, 2.45) is 5.92 Å². The number of hydrogen-bond acceptors (Lipinski definition) is 3. The van der Waals surface area contributed by atoms with Gasteiger partial charge in [0.1, 0.15) is 0 Å². The highest BCUT2D eigenvalue weighted by Gasteiger charge is 2.15. The van der Waals surface area contributed by atoms with Gasteiger partial charge in [0.25, 0.3) is 0 Å². The molecule has 0 aromatic rings. The number of piperazine rings is 1. The van der Waals surface area contributed by atoms with Crippen molar-refractivity contribution in [3.05, 3.63) is 0 Å². The molecule has 104 valence electrons. The summed E-state index contributed by atoms with van der Waals surface area (Å²) in [5, 5.41) is 3.43. The molecule has 18 heavy (non-hydrogen) atoms. The minimum Gasteiger partial charge on any atom is -0.343 e. The van der Waals surface area contributed by atoms with Crippen LogP contribution < -0.4 is 5.32 Å². The van der Waals surface area contributed by atoms with Crippen LogP contribution in [0.4, 0.5) is 0 Å². The summed E-state index contributed by atoms with van der Waals surface area (Å²) in [4.78, 5) is 15.0. The second-order valence-electron chi connectivity index (χ2n) is 5.67. The molecule has 1 amide bonds. The van der Waals surface area contributed by atoms with Gasteiger partial charge in [-0.2, -0.15) is 0 Å². The zero-order chi connectivity index (χ0) is 12.6. The van der Waals surface area contributed by atoms with Gasteiger partial charge in [-0.1, -0.05) is 12.8 Å². The molecule has 2 saturated heterocycles. The van der Waals surface area contributed by atoms with E-state index in [1.165, 1.54) is 51.7 Å². The molecule has 0 bridgehead atoms. The quantitative estimate of drug-likeness (QED) is 0.565. The van der Waals surface area contributed by atoms with Gasteiger partial charge in [0.15, 0.2) is 0 Å². The number of carbonyl (C=O) groups excluding carboxylic acids is 1. The standard InChI is InChI=1S/C14H27N3O/c18-13-17-11-9-16(10-12-17)8-2-1-3-14-4-6-15-7-5-14/h13-15H,1-12H2. The van der Waals surface area contributed by atoms with Crippen LogP contribution in [0.25, 0.3) is 0 Å². The number of rotatable bonds is 6. The number of amides is 1. The molecule has 0 aromatic carbocycles. The number of nitrogens with one attached hydrogen (secondary N) is 1. The summed E-state index contributed by atoms with van der Waals surface area (Å²) in [6.07, 6.45) is 7.84. The third-order valence-corrected chi connectivity index (χ3v) is 4.35. The highest BCUT2D eigenvalue weighted by Crippen LogP contribution is 2.18. The van der Waals surface area contributed by atoms with Crippen LogP contribution in [0.2, 0.25) is 0 Å². The largest absolute Gasteiger partial charge is 0.343 e. The second-order valence-corrected chi connectivity index (χ2v) is 5.67. The zero-order valence-corrected chi connectivity index (χ0v) is 11.4.